The van der Waals surface area contributed by atoms with Crippen LogP contribution in [0.4, 0.5) is 11.4 Å². The van der Waals surface area contributed by atoms with Crippen LogP contribution >= 0.6 is 23.6 Å². The van der Waals surface area contributed by atoms with E-state index in [1.165, 1.54) is 0 Å². The first-order chi connectivity index (χ1) is 12.8. The Morgan fingerprint density at radius 1 is 0.786 bits per heavy atom. The van der Waals surface area contributed by atoms with Gasteiger partial charge in [0.25, 0.3) is 5.91 Å². The van der Waals surface area contributed by atoms with Crippen LogP contribution in [0.5, 0.6) is 0 Å². The average molecular weight is 421 g/mol. The van der Waals surface area contributed by atoms with Crippen LogP contribution in [-0.4, -0.2) is 17.2 Å². The Kier molecular flexibility index (Phi) is 6.47. The van der Waals surface area contributed by atoms with Crippen LogP contribution in [0.3, 0.4) is 0 Å². The van der Waals surface area contributed by atoms with Crippen molar-refractivity contribution in [2.24, 2.45) is 5.41 Å². The topological polar surface area (TPSA) is 40.6 Å². The zero-order chi connectivity index (χ0) is 21.3. The van der Waals surface area contributed by atoms with Crippen molar-refractivity contribution in [1.29, 1.82) is 0 Å². The molecule has 4 nitrogen and oxygen atoms in total. The molecule has 2 rings (SSSR count). The summed E-state index contributed by atoms with van der Waals surface area (Å²) in [6.45, 7) is 11.5. The van der Waals surface area contributed by atoms with Crippen LogP contribution in [0.1, 0.15) is 62.3 Å². The fraction of sp³-hybridized carbons (Fsp3) is 0.364. The molecule has 28 heavy (non-hydrogen) atoms. The summed E-state index contributed by atoms with van der Waals surface area (Å²) in [6.07, 6.45) is 0. The molecule has 0 aliphatic heterocycles. The Balaban J connectivity index is 2.32. The van der Waals surface area contributed by atoms with Gasteiger partial charge in [0.1, 0.15) is 0 Å². The molecule has 0 unspecified atom stereocenters. The maximum atomic E-state index is 12.9. The molecule has 0 spiro atoms. The number of ketones is 1. The highest BCUT2D eigenvalue weighted by molar-refractivity contribution is 6.39. The molecule has 0 aliphatic rings. The van der Waals surface area contributed by atoms with Gasteiger partial charge < -0.3 is 0 Å². The molecule has 0 fully saturated rings. The Hall–Kier alpha value is -2.04. The second kappa shape index (κ2) is 8.14. The highest BCUT2D eigenvalue weighted by Gasteiger charge is 2.25. The SMILES string of the molecule is CC(C)(C)C(=O)c1cccc(C(=O)N(Cl)c2cccc(N(Cl)C(C)(C)C)c2)c1. The minimum absolute atomic E-state index is 0.0340. The van der Waals surface area contributed by atoms with E-state index in [1.807, 2.05) is 47.6 Å². The minimum Gasteiger partial charge on any atom is -0.294 e. The van der Waals surface area contributed by atoms with Crippen LogP contribution in [0.2, 0.25) is 0 Å². The molecule has 0 atom stereocenters. The molecule has 0 aromatic heterocycles. The van der Waals surface area contributed by atoms with Gasteiger partial charge in [-0.05, 0) is 51.1 Å². The molecule has 150 valence electrons. The molecule has 0 heterocycles. The number of nitrogens with zero attached hydrogens (tertiary/aromatic N) is 2. The van der Waals surface area contributed by atoms with E-state index in [0.29, 0.717) is 16.8 Å². The second-order valence-electron chi connectivity index (χ2n) is 8.72. The molecule has 0 saturated heterocycles. The number of amides is 1. The van der Waals surface area contributed by atoms with Crippen molar-refractivity contribution in [3.8, 4) is 0 Å². The molecule has 2 aromatic rings. The quantitative estimate of drug-likeness (QED) is 0.419. The summed E-state index contributed by atoms with van der Waals surface area (Å²) in [4.78, 5) is 25.4. The fourth-order valence-corrected chi connectivity index (χ4v) is 2.89. The van der Waals surface area contributed by atoms with Crippen molar-refractivity contribution in [2.45, 2.75) is 47.1 Å². The summed E-state index contributed by atoms with van der Waals surface area (Å²) in [5.74, 6) is -0.451. The van der Waals surface area contributed by atoms with Gasteiger partial charge in [-0.2, -0.15) is 0 Å². The number of carbonyl (C=O) groups is 2. The number of Topliss-reactive ketones (excluding diaryl/α,β-unsaturated/α-hetero) is 1. The van der Waals surface area contributed by atoms with Gasteiger partial charge in [-0.25, -0.2) is 4.42 Å². The van der Waals surface area contributed by atoms with Crippen LogP contribution in [0.25, 0.3) is 0 Å². The Labute approximate surface area is 177 Å². The predicted molar refractivity (Wildman–Crippen MR) is 117 cm³/mol. The third kappa shape index (κ3) is 5.06. The molecule has 0 radical (unpaired) electrons. The van der Waals surface area contributed by atoms with Crippen LogP contribution < -0.4 is 8.84 Å². The lowest BCUT2D eigenvalue weighted by Gasteiger charge is -2.31. The number of rotatable bonds is 4. The molecule has 0 saturated carbocycles. The van der Waals surface area contributed by atoms with E-state index >= 15 is 0 Å². The maximum Gasteiger partial charge on any atom is 0.272 e. The number of anilines is 2. The van der Waals surface area contributed by atoms with E-state index in [1.54, 1.807) is 46.9 Å². The minimum atomic E-state index is -0.534. The largest absolute Gasteiger partial charge is 0.294 e. The van der Waals surface area contributed by atoms with Crippen LogP contribution in [-0.2, 0) is 0 Å². The van der Waals surface area contributed by atoms with Gasteiger partial charge in [0.15, 0.2) is 5.78 Å². The molecular formula is C22H26Cl2N2O2. The lowest BCUT2D eigenvalue weighted by molar-refractivity contribution is 0.0858. The van der Waals surface area contributed by atoms with Gasteiger partial charge in [-0.15, -0.1) is 0 Å². The molecular weight excluding hydrogens is 395 g/mol. The van der Waals surface area contributed by atoms with Crippen LogP contribution in [0.15, 0.2) is 48.5 Å². The summed E-state index contributed by atoms with van der Waals surface area (Å²) in [6, 6.07) is 13.7. The van der Waals surface area contributed by atoms with Crippen molar-refractivity contribution >= 4 is 46.6 Å². The molecule has 0 aliphatic carbocycles. The molecule has 1 amide bonds. The molecule has 6 heteroatoms. The third-order valence-corrected chi connectivity index (χ3v) is 5.15. The van der Waals surface area contributed by atoms with Crippen molar-refractivity contribution in [2.75, 3.05) is 8.84 Å². The normalized spacial score (nSPS) is 11.9. The first-order valence-electron chi connectivity index (χ1n) is 9.03. The predicted octanol–water partition coefficient (Wildman–Crippen LogP) is 6.47. The Morgan fingerprint density at radius 3 is 1.89 bits per heavy atom. The van der Waals surface area contributed by atoms with Gasteiger partial charge in [0.2, 0.25) is 0 Å². The summed E-state index contributed by atoms with van der Waals surface area (Å²) < 4.78 is 2.63. The van der Waals surface area contributed by atoms with Crippen LogP contribution in [0, 0.1) is 5.41 Å². The second-order valence-corrected chi connectivity index (χ2v) is 9.39. The number of benzene rings is 2. The summed E-state index contributed by atoms with van der Waals surface area (Å²) in [5.41, 5.74) is 1.20. The van der Waals surface area contributed by atoms with Gasteiger partial charge >= 0.3 is 0 Å². The third-order valence-electron chi connectivity index (χ3n) is 4.10. The van der Waals surface area contributed by atoms with E-state index in [9.17, 15) is 9.59 Å². The highest BCUT2D eigenvalue weighted by atomic mass is 35.5. The summed E-state index contributed by atoms with van der Waals surface area (Å²) in [5, 5.41) is 0. The standard InChI is InChI=1S/C22H26Cl2N2O2/c1-21(2,3)19(27)15-9-7-10-16(13-15)20(28)25(23)17-11-8-12-18(14-17)26(24)22(4,5)6/h7-14H,1-6H3. The van der Waals surface area contributed by atoms with Gasteiger partial charge in [0, 0.05) is 45.6 Å². The number of halogens is 2. The smallest absolute Gasteiger partial charge is 0.272 e. The average Bonchev–Trinajstić information content (AvgIpc) is 2.64. The lowest BCUT2D eigenvalue weighted by atomic mass is 9.86. The van der Waals surface area contributed by atoms with E-state index in [4.69, 9.17) is 23.6 Å². The number of carbonyl (C=O) groups excluding carboxylic acids is 2. The monoisotopic (exact) mass is 420 g/mol. The lowest BCUT2D eigenvalue weighted by Crippen LogP contribution is -2.33. The van der Waals surface area contributed by atoms with E-state index in [-0.39, 0.29) is 11.3 Å². The molecule has 0 bridgehead atoms. The highest BCUT2D eigenvalue weighted by Crippen LogP contribution is 2.31. The summed E-state index contributed by atoms with van der Waals surface area (Å²) >= 11 is 12.7. The Bertz CT molecular complexity index is 883. The van der Waals surface area contributed by atoms with Crippen molar-refractivity contribution in [3.63, 3.8) is 0 Å². The zero-order valence-corrected chi connectivity index (χ0v) is 18.6. The van der Waals surface area contributed by atoms with Crippen molar-refractivity contribution < 1.29 is 9.59 Å². The number of hydrogen-bond acceptors (Lipinski definition) is 3. The van der Waals surface area contributed by atoms with Gasteiger partial charge in [-0.1, -0.05) is 39.0 Å². The maximum absolute atomic E-state index is 12.9. The Morgan fingerprint density at radius 2 is 1.32 bits per heavy atom. The van der Waals surface area contributed by atoms with Crippen molar-refractivity contribution in [3.05, 3.63) is 59.7 Å². The molecule has 2 aromatic carbocycles. The van der Waals surface area contributed by atoms with Gasteiger partial charge in [0.05, 0.1) is 11.4 Å². The van der Waals surface area contributed by atoms with Crippen molar-refractivity contribution in [1.82, 2.24) is 0 Å². The van der Waals surface area contributed by atoms with E-state index < -0.39 is 11.3 Å². The first-order valence-corrected chi connectivity index (χ1v) is 9.71. The fourth-order valence-electron chi connectivity index (χ4n) is 2.58. The molecule has 0 N–H and O–H groups in total. The zero-order valence-electron chi connectivity index (χ0n) is 17.1. The van der Waals surface area contributed by atoms with Gasteiger partial charge in [-0.3, -0.25) is 14.0 Å². The van der Waals surface area contributed by atoms with E-state index in [0.717, 1.165) is 10.1 Å². The summed E-state index contributed by atoms with van der Waals surface area (Å²) in [7, 11) is 0. The van der Waals surface area contributed by atoms with E-state index in [2.05, 4.69) is 0 Å². The first kappa shape index (κ1) is 22.3. The number of hydrogen-bond donors (Lipinski definition) is 0.